The maximum atomic E-state index is 14.6. The Morgan fingerprint density at radius 3 is 1.36 bits per heavy atom. The highest BCUT2D eigenvalue weighted by molar-refractivity contribution is 6.22. The molecule has 740 valence electrons. The lowest BCUT2D eigenvalue weighted by atomic mass is 9.95. The minimum absolute atomic E-state index is 0.0226. The SMILES string of the molecule is CC[C@H](C)[C@H](NC(=O)[C@@H](NC(=O)CN(C)C(=O)[C@@H]1CCCN1C(=O)[C@H](C)N)C(C)C)C(=O)N[C@H](C(=O)N[C@H](C(=O)N(C)[C@@H](CO)C(=O)N[C@H](C(=O)N[C@@H](CO)C(=O)N[C@@H](CC(=O)O)C(=O)N(C)[C@@H](C)C(=O)N(C)[C@@H](Cc1ccccc1)C(=O)N[C@H](C(=O)NCC(=O)N[C@@H](CO)C(=O)NCC(=O)N[C@@H](CO)C(=O)NCC(=O)N[C@@H](CO)C(=O)O)C(O)Cl)c1ccccc1)C(C)C)[C@@H](C)O. The molecule has 2 aromatic carbocycles. The fourth-order valence-electron chi connectivity index (χ4n) is 13.2. The van der Waals surface area contributed by atoms with E-state index in [0.29, 0.717) is 34.7 Å². The lowest BCUT2D eigenvalue weighted by molar-refractivity contribution is -0.150. The van der Waals surface area contributed by atoms with Gasteiger partial charge in [0.2, 0.25) is 112 Å². The molecule has 0 aromatic heterocycles. The van der Waals surface area contributed by atoms with Crippen molar-refractivity contribution in [2.75, 3.05) is 93.9 Å². The highest BCUT2D eigenvalue weighted by atomic mass is 35.5. The van der Waals surface area contributed by atoms with Crippen LogP contribution >= 0.6 is 11.6 Å². The van der Waals surface area contributed by atoms with Gasteiger partial charge in [-0.05, 0) is 62.5 Å². The molecule has 0 saturated carbocycles. The van der Waals surface area contributed by atoms with Gasteiger partial charge >= 0.3 is 11.9 Å². The van der Waals surface area contributed by atoms with Gasteiger partial charge in [0, 0.05) is 41.2 Å². The first-order valence-electron chi connectivity index (χ1n) is 42.2. The predicted octanol–water partition coefficient (Wildman–Crippen LogP) is -11.6. The molecule has 51 heteroatoms. The van der Waals surface area contributed by atoms with Crippen molar-refractivity contribution in [2.24, 2.45) is 23.5 Å². The lowest BCUT2D eigenvalue weighted by Crippen LogP contribution is -2.63. The molecule has 0 bridgehead atoms. The lowest BCUT2D eigenvalue weighted by Gasteiger charge is -2.35. The van der Waals surface area contributed by atoms with Crippen LogP contribution in [0.15, 0.2) is 60.7 Å². The van der Waals surface area contributed by atoms with Crippen LogP contribution in [0.4, 0.5) is 0 Å². The molecule has 1 aliphatic rings. The molecular weight excluding hydrogens is 1780 g/mol. The third-order valence-electron chi connectivity index (χ3n) is 21.4. The van der Waals surface area contributed by atoms with Crippen LogP contribution in [0, 0.1) is 17.8 Å². The Hall–Kier alpha value is -12.7. The molecule has 0 spiro atoms. The highest BCUT2D eigenvalue weighted by Gasteiger charge is 2.44. The number of amides is 19. The summed E-state index contributed by atoms with van der Waals surface area (Å²) < 4.78 is 0. The standard InChI is InChI=1S/C82H125ClN20O30/c1-14-41(6)62(95-73(123)60(39(2)3)93-58(113)33-99(10)80(130)52-26-21-27-103(52)77(127)42(7)84)74(124)96-63(44(9)109)75(125)94-61(40(4)5)81(131)102(13)54(38-108)71(121)97-64(46-24-19-16-20-25-46)76(126)92-50(36-106)69(119)91-47(29-59(114)115)79(129)100(11)43(8)78(128)101(12)53(28-45-22-17-15-18-23-45)70(120)98-65(66(83)116)72(122)87-32-56(111)89-49(35-105)67(117)85-30-55(110)88-48(34-104)68(118)86-31-57(112)90-51(37-107)82(132)133/h15-20,22-25,39-44,47-54,60-66,104-109,116H,14,21,26-38,84H2,1-13H3,(H,85,117)(H,86,118)(H,87,122)(H,88,110)(H,89,111)(H,90,112)(H,91,119)(H,92,126)(H,93,113)(H,94,125)(H,95,123)(H,96,124)(H,97,121)(H,98,120)(H,114,115)(H,132,133)/t41-,42-,43-,44+,47-,48-,49-,50-,51-,52-,53-,54-,60-,61-,62-,63-,64-,65-,66?/m0/s1. The van der Waals surface area contributed by atoms with Crippen LogP contribution in [0.2, 0.25) is 0 Å². The van der Waals surface area contributed by atoms with E-state index < -0.39 is 316 Å². The number of hydrogen-bond acceptors (Lipinski definition) is 29. The number of alkyl halides is 1. The second-order valence-electron chi connectivity index (χ2n) is 32.2. The first-order valence-corrected chi connectivity index (χ1v) is 42.6. The molecule has 50 nitrogen and oxygen atoms in total. The van der Waals surface area contributed by atoms with E-state index in [9.17, 15) is 136 Å². The number of rotatable bonds is 54. The number of nitrogens with zero attached hydrogens (tertiary/aromatic N) is 5. The Balaban J connectivity index is 1.79. The fraction of sp³-hybridized carbons (Fsp3) is 0.598. The van der Waals surface area contributed by atoms with Crippen molar-refractivity contribution >= 4 is 136 Å². The number of carbonyl (C=O) groups excluding carboxylic acids is 19. The Bertz CT molecular complexity index is 4400. The predicted molar refractivity (Wildman–Crippen MR) is 465 cm³/mol. The molecule has 3 rings (SSSR count). The summed E-state index contributed by atoms with van der Waals surface area (Å²) in [4.78, 5) is 288. The van der Waals surface area contributed by atoms with Crippen LogP contribution in [0.25, 0.3) is 0 Å². The molecular formula is C82H125ClN20O30. The number of nitrogens with two attached hydrogens (primary N) is 1. The number of hydrogen-bond donors (Lipinski definition) is 24. The number of carboxylic acids is 2. The maximum Gasteiger partial charge on any atom is 0.328 e. The molecule has 133 heavy (non-hydrogen) atoms. The number of nitrogens with one attached hydrogen (secondary N) is 14. The molecule has 1 saturated heterocycles. The van der Waals surface area contributed by atoms with Gasteiger partial charge in [-0.2, -0.15) is 0 Å². The molecule has 25 N–H and O–H groups in total. The van der Waals surface area contributed by atoms with Crippen LogP contribution in [-0.4, -0.2) is 391 Å². The number of benzene rings is 2. The highest BCUT2D eigenvalue weighted by Crippen LogP contribution is 2.23. The maximum absolute atomic E-state index is 14.6. The summed E-state index contributed by atoms with van der Waals surface area (Å²) in [5.74, 6) is -25.9. The van der Waals surface area contributed by atoms with E-state index >= 15 is 0 Å². The minimum Gasteiger partial charge on any atom is -0.481 e. The number of carboxylic acid groups (broad SMARTS) is 2. The van der Waals surface area contributed by atoms with Gasteiger partial charge in [0.15, 0.2) is 5.56 Å². The van der Waals surface area contributed by atoms with E-state index in [2.05, 4.69) is 47.9 Å². The molecule has 0 radical (unpaired) electrons. The molecule has 2 aromatic rings. The van der Waals surface area contributed by atoms with Crippen LogP contribution in [0.1, 0.15) is 105 Å². The van der Waals surface area contributed by atoms with Gasteiger partial charge in [-0.1, -0.05) is 120 Å². The van der Waals surface area contributed by atoms with Gasteiger partial charge in [-0.25, -0.2) is 4.79 Å². The van der Waals surface area contributed by atoms with Crippen molar-refractivity contribution in [1.29, 1.82) is 0 Å². The monoisotopic (exact) mass is 1900 g/mol. The van der Waals surface area contributed by atoms with Crippen molar-refractivity contribution in [3.8, 4) is 0 Å². The van der Waals surface area contributed by atoms with Crippen LogP contribution < -0.4 is 80.2 Å². The summed E-state index contributed by atoms with van der Waals surface area (Å²) in [7, 11) is 4.49. The van der Waals surface area contributed by atoms with Crippen LogP contribution in [0.3, 0.4) is 0 Å². The summed E-state index contributed by atoms with van der Waals surface area (Å²) in [6.07, 6.45) is -2.18. The van der Waals surface area contributed by atoms with Crippen molar-refractivity contribution in [2.45, 2.75) is 203 Å². The number of likely N-dealkylation sites (N-methyl/N-ethyl adjacent to an activating group) is 4. The van der Waals surface area contributed by atoms with Gasteiger partial charge in [-0.15, -0.1) is 0 Å². The molecule has 1 heterocycles. The van der Waals surface area contributed by atoms with Crippen molar-refractivity contribution < 1.29 is 147 Å². The first kappa shape index (κ1) is 114. The van der Waals surface area contributed by atoms with E-state index in [1.165, 1.54) is 75.2 Å². The number of aliphatic hydroxyl groups excluding tert-OH is 7. The Kier molecular flexibility index (Phi) is 47.8. The summed E-state index contributed by atoms with van der Waals surface area (Å²) in [5, 5.41) is 122. The summed E-state index contributed by atoms with van der Waals surface area (Å²) >= 11 is 5.98. The van der Waals surface area contributed by atoms with Gasteiger partial charge in [-0.3, -0.25) is 95.9 Å². The van der Waals surface area contributed by atoms with Gasteiger partial charge in [0.05, 0.1) is 77.8 Å². The number of aliphatic hydroxyl groups is 7. The average Bonchev–Trinajstić information content (AvgIpc) is 1.80. The zero-order chi connectivity index (χ0) is 101. The minimum atomic E-state index is -2.29. The number of aliphatic carboxylic acids is 2. The normalized spacial score (nSPS) is 16.4. The molecule has 1 unspecified atom stereocenters. The number of halogens is 1. The second-order valence-corrected chi connectivity index (χ2v) is 32.7. The summed E-state index contributed by atoms with van der Waals surface area (Å²) in [6, 6.07) is -12.0. The van der Waals surface area contributed by atoms with Crippen molar-refractivity contribution in [3.05, 3.63) is 71.8 Å². The Morgan fingerprint density at radius 1 is 0.451 bits per heavy atom. The fourth-order valence-corrected chi connectivity index (χ4v) is 13.4. The molecule has 19 amide bonds. The Labute approximate surface area is 770 Å². The van der Waals surface area contributed by atoms with Crippen LogP contribution in [0.5, 0.6) is 0 Å². The summed E-state index contributed by atoms with van der Waals surface area (Å²) in [5.41, 5.74) is 3.85. The zero-order valence-corrected chi connectivity index (χ0v) is 76.5. The molecule has 1 aliphatic heterocycles. The molecule has 1 fully saturated rings. The van der Waals surface area contributed by atoms with E-state index in [1.807, 2.05) is 26.6 Å². The largest absolute Gasteiger partial charge is 0.481 e. The first-order chi connectivity index (χ1) is 62.4. The smallest absolute Gasteiger partial charge is 0.328 e. The molecule has 0 aliphatic carbocycles. The average molecular weight is 1910 g/mol. The second kappa shape index (κ2) is 55.6. The van der Waals surface area contributed by atoms with E-state index in [1.54, 1.807) is 45.9 Å². The van der Waals surface area contributed by atoms with Crippen molar-refractivity contribution in [1.82, 2.24) is 98.9 Å². The summed E-state index contributed by atoms with van der Waals surface area (Å²) in [6.45, 7) is 4.47. The number of carbonyl (C=O) groups is 21. The van der Waals surface area contributed by atoms with E-state index in [4.69, 9.17) is 27.5 Å². The van der Waals surface area contributed by atoms with E-state index in [0.717, 1.165) is 44.8 Å². The molecule has 19 atom stereocenters. The van der Waals surface area contributed by atoms with Gasteiger partial charge in [0.25, 0.3) is 0 Å². The van der Waals surface area contributed by atoms with Gasteiger partial charge < -0.3 is 151 Å². The van der Waals surface area contributed by atoms with Crippen molar-refractivity contribution in [3.63, 3.8) is 0 Å². The van der Waals surface area contributed by atoms with E-state index in [-0.39, 0.29) is 18.4 Å². The van der Waals surface area contributed by atoms with Crippen LogP contribution in [-0.2, 0) is 107 Å². The zero-order valence-electron chi connectivity index (χ0n) is 75.8. The Morgan fingerprint density at radius 2 is 0.895 bits per heavy atom. The third kappa shape index (κ3) is 35.1. The third-order valence-corrected chi connectivity index (χ3v) is 21.6. The number of likely N-dealkylation sites (tertiary alicyclic amines) is 1. The topological polar surface area (TPSA) is 751 Å². The van der Waals surface area contributed by atoms with Gasteiger partial charge in [0.1, 0.15) is 90.6 Å². The quantitative estimate of drug-likeness (QED) is 0.0274.